The fraction of sp³-hybridized carbons (Fsp3) is 0.833. The van der Waals surface area contributed by atoms with Crippen LogP contribution in [0.15, 0.2) is 0 Å². The second-order valence-corrected chi connectivity index (χ2v) is 4.52. The summed E-state index contributed by atoms with van der Waals surface area (Å²) in [7, 11) is 0. The van der Waals surface area contributed by atoms with Crippen LogP contribution in [-0.4, -0.2) is 23.2 Å². The number of ether oxygens (including phenoxy) is 2. The first-order chi connectivity index (χ1) is 5.45. The van der Waals surface area contributed by atoms with Gasteiger partial charge in [0.2, 0.25) is 3.79 Å². The molecule has 0 spiro atoms. The zero-order valence-corrected chi connectivity index (χ0v) is 8.75. The highest BCUT2D eigenvalue weighted by Crippen LogP contribution is 2.25. The third kappa shape index (κ3) is 8.24. The molecule has 72 valence electrons. The van der Waals surface area contributed by atoms with Crippen LogP contribution in [0.3, 0.4) is 0 Å². The Morgan fingerprint density at radius 3 is 2.33 bits per heavy atom. The number of carbonyl (C=O) groups excluding carboxylic acids is 1. The van der Waals surface area contributed by atoms with Crippen LogP contribution in [0.4, 0.5) is 4.79 Å². The van der Waals surface area contributed by atoms with Gasteiger partial charge < -0.3 is 9.47 Å². The predicted octanol–water partition coefficient (Wildman–Crippen LogP) is 2.92. The van der Waals surface area contributed by atoms with Crippen LogP contribution in [0.25, 0.3) is 0 Å². The standard InChI is InChI=1S/C6H9Cl3O3/c1-2-3-11-5(10)12-4-6(7,8)9/h2-4H2,1H3. The van der Waals surface area contributed by atoms with Gasteiger partial charge in [-0.2, -0.15) is 0 Å². The van der Waals surface area contributed by atoms with E-state index < -0.39 is 9.95 Å². The highest BCUT2D eigenvalue weighted by molar-refractivity contribution is 6.67. The first-order valence-electron chi connectivity index (χ1n) is 3.32. The Morgan fingerprint density at radius 1 is 1.33 bits per heavy atom. The third-order valence-electron chi connectivity index (χ3n) is 0.778. The molecule has 0 aliphatic carbocycles. The number of hydrogen-bond acceptors (Lipinski definition) is 3. The predicted molar refractivity (Wildman–Crippen MR) is 47.9 cm³/mol. The lowest BCUT2D eigenvalue weighted by Gasteiger charge is -2.10. The number of carbonyl (C=O) groups is 1. The van der Waals surface area contributed by atoms with Crippen LogP contribution >= 0.6 is 34.8 Å². The third-order valence-corrected chi connectivity index (χ3v) is 1.11. The van der Waals surface area contributed by atoms with Gasteiger partial charge in [0.1, 0.15) is 6.61 Å². The summed E-state index contributed by atoms with van der Waals surface area (Å²) in [5, 5.41) is 0. The van der Waals surface area contributed by atoms with Crippen LogP contribution in [0, 0.1) is 0 Å². The van der Waals surface area contributed by atoms with Crippen molar-refractivity contribution in [3.05, 3.63) is 0 Å². The van der Waals surface area contributed by atoms with E-state index in [4.69, 9.17) is 34.8 Å². The molecule has 12 heavy (non-hydrogen) atoms. The molecule has 0 radical (unpaired) electrons. The van der Waals surface area contributed by atoms with Crippen molar-refractivity contribution >= 4 is 41.0 Å². The van der Waals surface area contributed by atoms with Crippen molar-refractivity contribution in [1.29, 1.82) is 0 Å². The lowest BCUT2D eigenvalue weighted by atomic mass is 10.5. The van der Waals surface area contributed by atoms with E-state index in [1.54, 1.807) is 0 Å². The molecule has 0 fully saturated rings. The molecule has 0 heterocycles. The topological polar surface area (TPSA) is 35.5 Å². The van der Waals surface area contributed by atoms with Crippen molar-refractivity contribution in [1.82, 2.24) is 0 Å². The van der Waals surface area contributed by atoms with Crippen molar-refractivity contribution in [3.63, 3.8) is 0 Å². The summed E-state index contributed by atoms with van der Waals surface area (Å²) < 4.78 is 7.42. The van der Waals surface area contributed by atoms with Crippen LogP contribution in [-0.2, 0) is 9.47 Å². The van der Waals surface area contributed by atoms with Gasteiger partial charge in [0.25, 0.3) is 0 Å². The van der Waals surface area contributed by atoms with Crippen molar-refractivity contribution in [2.45, 2.75) is 17.1 Å². The maximum absolute atomic E-state index is 10.6. The molecule has 0 unspecified atom stereocenters. The lowest BCUT2D eigenvalue weighted by molar-refractivity contribution is 0.0567. The molecule has 0 aliphatic rings. The van der Waals surface area contributed by atoms with Gasteiger partial charge in [-0.3, -0.25) is 0 Å². The maximum Gasteiger partial charge on any atom is 0.508 e. The summed E-state index contributed by atoms with van der Waals surface area (Å²) in [6.07, 6.45) is -0.0914. The summed E-state index contributed by atoms with van der Waals surface area (Å²) in [5.41, 5.74) is 0. The molecule has 0 aliphatic heterocycles. The molecule has 0 aromatic rings. The largest absolute Gasteiger partial charge is 0.508 e. The van der Waals surface area contributed by atoms with Crippen molar-refractivity contribution in [2.75, 3.05) is 13.2 Å². The first-order valence-corrected chi connectivity index (χ1v) is 4.45. The second kappa shape index (κ2) is 5.73. The summed E-state index contributed by atoms with van der Waals surface area (Å²) in [6.45, 7) is 1.86. The maximum atomic E-state index is 10.6. The lowest BCUT2D eigenvalue weighted by Crippen LogP contribution is -2.18. The van der Waals surface area contributed by atoms with Gasteiger partial charge in [-0.15, -0.1) is 0 Å². The van der Waals surface area contributed by atoms with Gasteiger partial charge in [0, 0.05) is 0 Å². The molecule has 0 rings (SSSR count). The molecule has 0 N–H and O–H groups in total. The highest BCUT2D eigenvalue weighted by Gasteiger charge is 2.22. The molecule has 0 aromatic heterocycles. The highest BCUT2D eigenvalue weighted by atomic mass is 35.6. The van der Waals surface area contributed by atoms with Crippen LogP contribution in [0.5, 0.6) is 0 Å². The summed E-state index contributed by atoms with van der Waals surface area (Å²) >= 11 is 15.9. The zero-order chi connectivity index (χ0) is 9.61. The minimum Gasteiger partial charge on any atom is -0.434 e. The van der Waals surface area contributed by atoms with Gasteiger partial charge >= 0.3 is 6.16 Å². The molecular weight excluding hydrogens is 226 g/mol. The summed E-state index contributed by atoms with van der Waals surface area (Å²) in [6, 6.07) is 0. The molecule has 0 bridgehead atoms. The smallest absolute Gasteiger partial charge is 0.434 e. The second-order valence-electron chi connectivity index (χ2n) is 2.00. The zero-order valence-electron chi connectivity index (χ0n) is 6.48. The molecule has 0 atom stereocenters. The fourth-order valence-electron chi connectivity index (χ4n) is 0.368. The Bertz CT molecular complexity index is 143. The van der Waals surface area contributed by atoms with E-state index in [1.165, 1.54) is 0 Å². The molecule has 6 heteroatoms. The number of halogens is 3. The molecule has 0 amide bonds. The first kappa shape index (κ1) is 12.1. The van der Waals surface area contributed by atoms with E-state index in [2.05, 4.69) is 9.47 Å². The molecule has 0 saturated heterocycles. The average Bonchev–Trinajstić information content (AvgIpc) is 1.95. The van der Waals surface area contributed by atoms with Crippen LogP contribution in [0.2, 0.25) is 0 Å². The van der Waals surface area contributed by atoms with Crippen molar-refractivity contribution < 1.29 is 14.3 Å². The van der Waals surface area contributed by atoms with Crippen LogP contribution < -0.4 is 0 Å². The van der Waals surface area contributed by atoms with Gasteiger partial charge in [0.15, 0.2) is 0 Å². The van der Waals surface area contributed by atoms with E-state index in [0.29, 0.717) is 6.61 Å². The molecule has 0 aromatic carbocycles. The Morgan fingerprint density at radius 2 is 1.92 bits per heavy atom. The monoisotopic (exact) mass is 234 g/mol. The molecule has 0 saturated carbocycles. The summed E-state index contributed by atoms with van der Waals surface area (Å²) in [4.78, 5) is 10.6. The Kier molecular flexibility index (Phi) is 5.80. The van der Waals surface area contributed by atoms with E-state index in [9.17, 15) is 4.79 Å². The number of rotatable bonds is 3. The minimum atomic E-state index is -1.58. The van der Waals surface area contributed by atoms with E-state index in [0.717, 1.165) is 6.42 Å². The van der Waals surface area contributed by atoms with Gasteiger partial charge in [-0.1, -0.05) is 41.7 Å². The summed E-state index contributed by atoms with van der Waals surface area (Å²) in [5.74, 6) is 0. The van der Waals surface area contributed by atoms with Crippen molar-refractivity contribution in [3.8, 4) is 0 Å². The normalized spacial score (nSPS) is 11.0. The fourth-order valence-corrected chi connectivity index (χ4v) is 0.531. The molecule has 3 nitrogen and oxygen atoms in total. The average molecular weight is 235 g/mol. The quantitative estimate of drug-likeness (QED) is 0.557. The number of alkyl halides is 3. The van der Waals surface area contributed by atoms with Gasteiger partial charge in [-0.25, -0.2) is 4.79 Å². The Labute approximate surface area is 85.9 Å². The SMILES string of the molecule is CCCOC(=O)OCC(Cl)(Cl)Cl. The Balaban J connectivity index is 3.44. The van der Waals surface area contributed by atoms with Gasteiger partial charge in [0.05, 0.1) is 6.61 Å². The van der Waals surface area contributed by atoms with Crippen molar-refractivity contribution in [2.24, 2.45) is 0 Å². The molecular formula is C6H9Cl3O3. The van der Waals surface area contributed by atoms with E-state index in [-0.39, 0.29) is 6.61 Å². The van der Waals surface area contributed by atoms with Gasteiger partial charge in [-0.05, 0) is 6.42 Å². The minimum absolute atomic E-state index is 0.304. The Hall–Kier alpha value is 0.140. The van der Waals surface area contributed by atoms with E-state index >= 15 is 0 Å². The van der Waals surface area contributed by atoms with E-state index in [1.807, 2.05) is 6.92 Å². The number of hydrogen-bond donors (Lipinski definition) is 0. The van der Waals surface area contributed by atoms with Crippen LogP contribution in [0.1, 0.15) is 13.3 Å².